The Bertz CT molecular complexity index is 323. The number of hydrogen-bond donors (Lipinski definition) is 1. The molecule has 1 aromatic heterocycles. The van der Waals surface area contributed by atoms with Gasteiger partial charge >= 0.3 is 0 Å². The molecule has 2 N–H and O–H groups in total. The minimum absolute atomic E-state index is 0.526. The number of rotatable bonds is 4. The van der Waals surface area contributed by atoms with Crippen LogP contribution in [0.5, 0.6) is 0 Å². The van der Waals surface area contributed by atoms with E-state index in [0.717, 1.165) is 30.5 Å². The second kappa shape index (κ2) is 4.72. The first kappa shape index (κ1) is 10.6. The van der Waals surface area contributed by atoms with Gasteiger partial charge in [-0.15, -0.1) is 10.2 Å². The molecule has 84 valence electrons. The molecule has 1 unspecified atom stereocenters. The topological polar surface area (TPSA) is 66.0 Å². The molecule has 0 amide bonds. The SMILES string of the molecule is CC1CCn2c(COCCN)nnc2C1. The third-order valence-corrected chi connectivity index (χ3v) is 2.77. The van der Waals surface area contributed by atoms with E-state index >= 15 is 0 Å². The predicted molar refractivity (Wildman–Crippen MR) is 56.2 cm³/mol. The molecule has 0 saturated carbocycles. The molecular weight excluding hydrogens is 192 g/mol. The number of aromatic nitrogens is 3. The summed E-state index contributed by atoms with van der Waals surface area (Å²) in [6.45, 7) is 4.93. The summed E-state index contributed by atoms with van der Waals surface area (Å²) in [5.74, 6) is 2.75. The van der Waals surface area contributed by atoms with Crippen LogP contribution in [0.1, 0.15) is 25.0 Å². The quantitative estimate of drug-likeness (QED) is 0.728. The standard InChI is InChI=1S/C10H18N4O/c1-8-2-4-14-9(6-8)12-13-10(14)7-15-5-3-11/h8H,2-7,11H2,1H3. The first-order valence-corrected chi connectivity index (χ1v) is 5.50. The van der Waals surface area contributed by atoms with Crippen LogP contribution in [0.3, 0.4) is 0 Å². The van der Waals surface area contributed by atoms with Crippen LogP contribution in [-0.4, -0.2) is 27.9 Å². The Labute approximate surface area is 89.6 Å². The molecular formula is C10H18N4O. The van der Waals surface area contributed by atoms with Crippen molar-refractivity contribution in [3.63, 3.8) is 0 Å². The van der Waals surface area contributed by atoms with Crippen molar-refractivity contribution in [3.8, 4) is 0 Å². The van der Waals surface area contributed by atoms with E-state index in [1.807, 2.05) is 0 Å². The van der Waals surface area contributed by atoms with Gasteiger partial charge in [-0.2, -0.15) is 0 Å². The molecule has 0 aliphatic carbocycles. The number of hydrogen-bond acceptors (Lipinski definition) is 4. The lowest BCUT2D eigenvalue weighted by atomic mass is 10.0. The first-order valence-electron chi connectivity index (χ1n) is 5.50. The van der Waals surface area contributed by atoms with Gasteiger partial charge in [-0.3, -0.25) is 0 Å². The van der Waals surface area contributed by atoms with Crippen molar-refractivity contribution in [2.75, 3.05) is 13.2 Å². The maximum absolute atomic E-state index is 5.37. The van der Waals surface area contributed by atoms with E-state index in [2.05, 4.69) is 21.7 Å². The van der Waals surface area contributed by atoms with Crippen LogP contribution in [0.2, 0.25) is 0 Å². The summed E-state index contributed by atoms with van der Waals surface area (Å²) >= 11 is 0. The molecule has 1 aromatic rings. The summed E-state index contributed by atoms with van der Waals surface area (Å²) in [5, 5.41) is 8.34. The second-order valence-corrected chi connectivity index (χ2v) is 4.12. The Morgan fingerprint density at radius 1 is 1.53 bits per heavy atom. The number of fused-ring (bicyclic) bond motifs is 1. The van der Waals surface area contributed by atoms with Gasteiger partial charge in [-0.1, -0.05) is 6.92 Å². The molecule has 5 nitrogen and oxygen atoms in total. The van der Waals surface area contributed by atoms with E-state index in [4.69, 9.17) is 10.5 Å². The average Bonchev–Trinajstić information content (AvgIpc) is 2.61. The fraction of sp³-hybridized carbons (Fsp3) is 0.800. The molecule has 15 heavy (non-hydrogen) atoms. The van der Waals surface area contributed by atoms with Crippen molar-refractivity contribution in [1.29, 1.82) is 0 Å². The fourth-order valence-electron chi connectivity index (χ4n) is 1.90. The van der Waals surface area contributed by atoms with Crippen molar-refractivity contribution in [3.05, 3.63) is 11.6 Å². The fourth-order valence-corrected chi connectivity index (χ4v) is 1.90. The molecule has 0 aromatic carbocycles. The van der Waals surface area contributed by atoms with Crippen molar-refractivity contribution in [2.45, 2.75) is 32.9 Å². The zero-order chi connectivity index (χ0) is 10.7. The van der Waals surface area contributed by atoms with Crippen LogP contribution in [0.15, 0.2) is 0 Å². The average molecular weight is 210 g/mol. The predicted octanol–water partition coefficient (Wildman–Crippen LogP) is 0.336. The van der Waals surface area contributed by atoms with E-state index in [1.54, 1.807) is 0 Å². The summed E-state index contributed by atoms with van der Waals surface area (Å²) in [4.78, 5) is 0. The highest BCUT2D eigenvalue weighted by atomic mass is 16.5. The zero-order valence-electron chi connectivity index (χ0n) is 9.15. The number of ether oxygens (including phenoxy) is 1. The van der Waals surface area contributed by atoms with Gasteiger partial charge in [0.1, 0.15) is 12.4 Å². The van der Waals surface area contributed by atoms with E-state index in [9.17, 15) is 0 Å². The third kappa shape index (κ3) is 2.35. The van der Waals surface area contributed by atoms with Crippen molar-refractivity contribution in [1.82, 2.24) is 14.8 Å². The van der Waals surface area contributed by atoms with E-state index in [0.29, 0.717) is 19.8 Å². The third-order valence-electron chi connectivity index (χ3n) is 2.77. The van der Waals surface area contributed by atoms with Crippen molar-refractivity contribution >= 4 is 0 Å². The Morgan fingerprint density at radius 3 is 3.20 bits per heavy atom. The Hall–Kier alpha value is -0.940. The Kier molecular flexibility index (Phi) is 3.33. The lowest BCUT2D eigenvalue weighted by Gasteiger charge is -2.20. The lowest BCUT2D eigenvalue weighted by Crippen LogP contribution is -2.19. The van der Waals surface area contributed by atoms with Gasteiger partial charge in [0.15, 0.2) is 5.82 Å². The van der Waals surface area contributed by atoms with Gasteiger partial charge in [-0.05, 0) is 12.3 Å². The van der Waals surface area contributed by atoms with Crippen LogP contribution in [0, 0.1) is 5.92 Å². The van der Waals surface area contributed by atoms with E-state index in [-0.39, 0.29) is 0 Å². The van der Waals surface area contributed by atoms with E-state index < -0.39 is 0 Å². The Morgan fingerprint density at radius 2 is 2.40 bits per heavy atom. The molecule has 1 aliphatic heterocycles. The minimum Gasteiger partial charge on any atom is -0.372 e. The lowest BCUT2D eigenvalue weighted by molar-refractivity contribution is 0.119. The number of nitrogens with zero attached hydrogens (tertiary/aromatic N) is 3. The minimum atomic E-state index is 0.526. The summed E-state index contributed by atoms with van der Waals surface area (Å²) in [5.41, 5.74) is 5.36. The van der Waals surface area contributed by atoms with Crippen LogP contribution in [0.4, 0.5) is 0 Å². The molecule has 0 radical (unpaired) electrons. The summed E-state index contributed by atoms with van der Waals surface area (Å²) in [6.07, 6.45) is 2.23. The van der Waals surface area contributed by atoms with Crippen LogP contribution >= 0.6 is 0 Å². The molecule has 1 atom stereocenters. The molecule has 0 bridgehead atoms. The molecule has 0 spiro atoms. The Balaban J connectivity index is 2.01. The highest BCUT2D eigenvalue weighted by molar-refractivity contribution is 4.99. The second-order valence-electron chi connectivity index (χ2n) is 4.12. The molecule has 2 rings (SSSR count). The van der Waals surface area contributed by atoms with Gasteiger partial charge in [0.05, 0.1) is 6.61 Å². The monoisotopic (exact) mass is 210 g/mol. The first-order chi connectivity index (χ1) is 7.31. The van der Waals surface area contributed by atoms with Gasteiger partial charge < -0.3 is 15.0 Å². The van der Waals surface area contributed by atoms with Crippen LogP contribution < -0.4 is 5.73 Å². The van der Waals surface area contributed by atoms with E-state index in [1.165, 1.54) is 6.42 Å². The van der Waals surface area contributed by atoms with Gasteiger partial charge in [0, 0.05) is 19.5 Å². The maximum atomic E-state index is 5.37. The molecule has 0 saturated heterocycles. The summed E-state index contributed by atoms with van der Waals surface area (Å²) in [7, 11) is 0. The van der Waals surface area contributed by atoms with Crippen molar-refractivity contribution < 1.29 is 4.74 Å². The normalized spacial score (nSPS) is 20.3. The van der Waals surface area contributed by atoms with Crippen LogP contribution in [0.25, 0.3) is 0 Å². The number of nitrogens with two attached hydrogens (primary N) is 1. The largest absolute Gasteiger partial charge is 0.372 e. The summed E-state index contributed by atoms with van der Waals surface area (Å²) < 4.78 is 7.55. The molecule has 0 fully saturated rings. The van der Waals surface area contributed by atoms with Gasteiger partial charge in [-0.25, -0.2) is 0 Å². The highest BCUT2D eigenvalue weighted by Crippen LogP contribution is 2.19. The highest BCUT2D eigenvalue weighted by Gasteiger charge is 2.19. The van der Waals surface area contributed by atoms with Gasteiger partial charge in [0.2, 0.25) is 0 Å². The smallest absolute Gasteiger partial charge is 0.159 e. The van der Waals surface area contributed by atoms with Crippen molar-refractivity contribution in [2.24, 2.45) is 11.7 Å². The molecule has 1 aliphatic rings. The molecule has 2 heterocycles. The van der Waals surface area contributed by atoms with Gasteiger partial charge in [0.25, 0.3) is 0 Å². The summed E-state index contributed by atoms with van der Waals surface area (Å²) in [6, 6.07) is 0. The molecule has 5 heteroatoms. The maximum Gasteiger partial charge on any atom is 0.159 e. The van der Waals surface area contributed by atoms with Crippen LogP contribution in [-0.2, 0) is 24.3 Å². The zero-order valence-corrected chi connectivity index (χ0v) is 9.15.